The number of carbonyl (C=O) groups excluding carboxylic acids is 4. The van der Waals surface area contributed by atoms with Gasteiger partial charge in [0.25, 0.3) is 0 Å². The first-order valence-electron chi connectivity index (χ1n) is 9.18. The minimum Gasteiger partial charge on any atom is 0 e. The van der Waals surface area contributed by atoms with Crippen molar-refractivity contribution >= 4 is 31.4 Å². The molecular weight excluding hydrogens is 399 g/mol. The largest absolute Gasteiger partial charge is 0 e. The zero-order valence-electron chi connectivity index (χ0n) is 19.8. The Kier molecular flexibility index (Phi) is 11.1. The molecule has 0 saturated carbocycles. The van der Waals surface area contributed by atoms with Crippen LogP contribution in [-0.4, -0.2) is 125 Å². The zero-order chi connectivity index (χ0) is 22.8. The van der Waals surface area contributed by atoms with Gasteiger partial charge in [0, 0.05) is 1.43 Å². The van der Waals surface area contributed by atoms with Crippen LogP contribution < -0.4 is 21.3 Å². The fourth-order valence-electron chi connectivity index (χ4n) is 3.36. The maximum atomic E-state index is 12.2. The van der Waals surface area contributed by atoms with E-state index in [2.05, 4.69) is 21.3 Å². The molecule has 0 rings (SSSR count). The van der Waals surface area contributed by atoms with Crippen LogP contribution in [0.5, 0.6) is 0 Å². The van der Waals surface area contributed by atoms with Gasteiger partial charge >= 0.3 is 173 Å². The van der Waals surface area contributed by atoms with Gasteiger partial charge < -0.3 is 0 Å². The van der Waals surface area contributed by atoms with Crippen LogP contribution in [0.1, 0.15) is 1.43 Å². The Balaban J connectivity index is 0. The smallest absolute Gasteiger partial charge is 0 e. The van der Waals surface area contributed by atoms with Crippen molar-refractivity contribution in [3.05, 3.63) is 0 Å². The second-order valence-electron chi connectivity index (χ2n) is 7.14. The SMILES string of the molecule is CNC(=O)N(C)C[PH](CN(C)C(=O)NC)(CN(C)C(=O)NC)CN(C)C(=O)NC.[H]. The zero-order valence-corrected chi connectivity index (χ0v) is 19.8. The van der Waals surface area contributed by atoms with Crippen molar-refractivity contribution in [1.29, 1.82) is 0 Å². The summed E-state index contributed by atoms with van der Waals surface area (Å²) in [6.07, 6.45) is 1.32. The number of hydrogen-bond donors (Lipinski definition) is 4. The summed E-state index contributed by atoms with van der Waals surface area (Å²) in [7, 11) is 10.0. The summed E-state index contributed by atoms with van der Waals surface area (Å²) < 4.78 is 0. The molecule has 0 aromatic heterocycles. The number of hydrogen-bond acceptors (Lipinski definition) is 4. The number of nitrogens with zero attached hydrogens (tertiary/aromatic N) is 4. The average molecular weight is 438 g/mol. The predicted molar refractivity (Wildman–Crippen MR) is 118 cm³/mol. The predicted octanol–water partition coefficient (Wildman–Crippen LogP) is -0.236. The van der Waals surface area contributed by atoms with Gasteiger partial charge in [0.05, 0.1) is 0 Å². The molecule has 0 aliphatic heterocycles. The van der Waals surface area contributed by atoms with Gasteiger partial charge in [-0.15, -0.1) is 0 Å². The normalized spacial score (nSPS) is 11.0. The van der Waals surface area contributed by atoms with E-state index in [1.807, 2.05) is 0 Å². The monoisotopic (exact) mass is 437 g/mol. The average Bonchev–Trinajstić information content (AvgIpc) is 2.70. The molecule has 0 saturated heterocycles. The van der Waals surface area contributed by atoms with Gasteiger partial charge in [-0.1, -0.05) is 0 Å². The first-order valence-corrected chi connectivity index (χ1v) is 12.0. The molecular formula is C16H38N8O4P. The Morgan fingerprint density at radius 3 is 0.862 bits per heavy atom. The Bertz CT molecular complexity index is 496. The molecule has 0 fully saturated rings. The summed E-state index contributed by atoms with van der Waals surface area (Å²) in [5.41, 5.74) is 0. The molecule has 0 heterocycles. The molecule has 0 aliphatic rings. The molecule has 1 radical (unpaired) electrons. The van der Waals surface area contributed by atoms with E-state index in [0.29, 0.717) is 25.1 Å². The van der Waals surface area contributed by atoms with Crippen LogP contribution in [0.3, 0.4) is 0 Å². The van der Waals surface area contributed by atoms with Crippen molar-refractivity contribution < 1.29 is 20.6 Å². The van der Waals surface area contributed by atoms with E-state index < -0.39 is 7.26 Å². The van der Waals surface area contributed by atoms with Crippen LogP contribution in [0.15, 0.2) is 0 Å². The van der Waals surface area contributed by atoms with Crippen molar-refractivity contribution in [2.45, 2.75) is 0 Å². The number of carbonyl (C=O) groups is 4. The summed E-state index contributed by atoms with van der Waals surface area (Å²) in [6, 6.07) is -1.13. The molecule has 171 valence electrons. The van der Waals surface area contributed by atoms with E-state index >= 15 is 0 Å². The molecule has 0 spiro atoms. The van der Waals surface area contributed by atoms with Crippen LogP contribution in [-0.2, 0) is 0 Å². The second-order valence-corrected chi connectivity index (χ2v) is 11.4. The van der Waals surface area contributed by atoms with E-state index in [-0.39, 0.29) is 25.6 Å². The minimum atomic E-state index is -2.70. The van der Waals surface area contributed by atoms with Crippen LogP contribution >= 0.6 is 7.26 Å². The van der Waals surface area contributed by atoms with Crippen molar-refractivity contribution in [2.75, 3.05) is 81.5 Å². The molecule has 29 heavy (non-hydrogen) atoms. The quantitative estimate of drug-likeness (QED) is 0.391. The molecule has 13 heteroatoms. The third-order valence-electron chi connectivity index (χ3n) is 4.53. The van der Waals surface area contributed by atoms with Gasteiger partial charge in [0.1, 0.15) is 0 Å². The number of amides is 8. The molecule has 0 aromatic carbocycles. The standard InChI is InChI=1S/C16H37N8O4P.H/c1-17-13(25)21(5)9-29(10-22(6)14(26)18-2,11-23(7)15(27)19-3)12-24(8)16(28)20-4;/h29H,9-12H2,1-8H3,(H,17,25)(H,18,26)(H,19,27)(H,20,28);. The fraction of sp³-hybridized carbons (Fsp3) is 0.750. The van der Waals surface area contributed by atoms with Crippen LogP contribution in [0, 0.1) is 0 Å². The van der Waals surface area contributed by atoms with Crippen LogP contribution in [0.4, 0.5) is 19.2 Å². The topological polar surface area (TPSA) is 129 Å². The van der Waals surface area contributed by atoms with Gasteiger partial charge in [-0.05, 0) is 0 Å². The summed E-state index contributed by atoms with van der Waals surface area (Å²) in [5, 5.41) is 10.3. The maximum absolute atomic E-state index is 12.2. The van der Waals surface area contributed by atoms with Crippen molar-refractivity contribution in [2.24, 2.45) is 0 Å². The fourth-order valence-corrected chi connectivity index (χ4v) is 8.56. The molecule has 4 N–H and O–H groups in total. The molecule has 12 nitrogen and oxygen atoms in total. The number of nitrogens with one attached hydrogen (secondary N) is 4. The van der Waals surface area contributed by atoms with E-state index in [1.54, 1.807) is 28.2 Å². The van der Waals surface area contributed by atoms with E-state index in [0.717, 1.165) is 0 Å². The summed E-state index contributed by atoms with van der Waals surface area (Å²) in [6.45, 7) is 0. The Labute approximate surface area is 175 Å². The Morgan fingerprint density at radius 2 is 0.724 bits per heavy atom. The summed E-state index contributed by atoms with van der Waals surface area (Å²) in [4.78, 5) is 54.8. The first-order chi connectivity index (χ1) is 13.5. The van der Waals surface area contributed by atoms with Gasteiger partial charge in [0.2, 0.25) is 0 Å². The van der Waals surface area contributed by atoms with Crippen molar-refractivity contribution in [3.8, 4) is 0 Å². The van der Waals surface area contributed by atoms with Gasteiger partial charge in [-0.25, -0.2) is 0 Å². The van der Waals surface area contributed by atoms with Gasteiger partial charge in [-0.3, -0.25) is 0 Å². The summed E-state index contributed by atoms with van der Waals surface area (Å²) >= 11 is 0. The van der Waals surface area contributed by atoms with Gasteiger partial charge in [-0.2, -0.15) is 0 Å². The maximum Gasteiger partial charge on any atom is 0 e. The van der Waals surface area contributed by atoms with E-state index in [9.17, 15) is 19.2 Å². The number of rotatable bonds is 8. The first kappa shape index (κ1) is 26.5. The molecule has 0 aliphatic carbocycles. The second kappa shape index (κ2) is 12.2. The van der Waals surface area contributed by atoms with Crippen LogP contribution in [0.2, 0.25) is 0 Å². The molecule has 0 atom stereocenters. The Morgan fingerprint density at radius 1 is 0.552 bits per heavy atom. The van der Waals surface area contributed by atoms with E-state index in [4.69, 9.17) is 0 Å². The molecule has 0 unspecified atom stereocenters. The van der Waals surface area contributed by atoms with Crippen molar-refractivity contribution in [1.82, 2.24) is 40.9 Å². The van der Waals surface area contributed by atoms with Crippen molar-refractivity contribution in [3.63, 3.8) is 0 Å². The third-order valence-corrected chi connectivity index (χ3v) is 9.11. The van der Waals surface area contributed by atoms with Crippen LogP contribution in [0.25, 0.3) is 0 Å². The van der Waals surface area contributed by atoms with E-state index in [1.165, 1.54) is 47.8 Å². The molecule has 8 amide bonds. The minimum absolute atomic E-state index is 0. The Hall–Kier alpha value is -2.49. The molecule has 0 aromatic rings. The number of urea groups is 4. The molecule has 0 bridgehead atoms. The third kappa shape index (κ3) is 8.18. The van der Waals surface area contributed by atoms with Gasteiger partial charge in [0.15, 0.2) is 0 Å². The summed E-state index contributed by atoms with van der Waals surface area (Å²) in [5.74, 6) is 0.